The zero-order chi connectivity index (χ0) is 13.5. The molecule has 100 valence electrons. The molecule has 0 radical (unpaired) electrons. The van der Waals surface area contributed by atoms with Crippen molar-refractivity contribution >= 4 is 23.5 Å². The van der Waals surface area contributed by atoms with Crippen molar-refractivity contribution in [3.63, 3.8) is 0 Å². The third-order valence-corrected chi connectivity index (χ3v) is 2.91. The number of carbonyl (C=O) groups is 2. The van der Waals surface area contributed by atoms with E-state index in [1.54, 1.807) is 13.8 Å². The molecule has 0 unspecified atom stereocenters. The summed E-state index contributed by atoms with van der Waals surface area (Å²) in [7, 11) is 0. The van der Waals surface area contributed by atoms with Crippen molar-refractivity contribution in [3.05, 3.63) is 10.8 Å². The quantitative estimate of drug-likeness (QED) is 0.574. The highest BCUT2D eigenvalue weighted by atomic mass is 32.1. The Kier molecular flexibility index (Phi) is 5.70. The van der Waals surface area contributed by atoms with Crippen LogP contribution in [0.2, 0.25) is 0 Å². The Labute approximate surface area is 109 Å². The van der Waals surface area contributed by atoms with E-state index in [0.717, 1.165) is 11.5 Å². The van der Waals surface area contributed by atoms with E-state index in [-0.39, 0.29) is 13.2 Å². The summed E-state index contributed by atoms with van der Waals surface area (Å²) < 4.78 is 13.8. The van der Waals surface area contributed by atoms with Crippen LogP contribution in [0.3, 0.4) is 0 Å². The van der Waals surface area contributed by atoms with Gasteiger partial charge in [0.15, 0.2) is 0 Å². The molecule has 0 N–H and O–H groups in total. The van der Waals surface area contributed by atoms with Crippen molar-refractivity contribution in [3.8, 4) is 0 Å². The number of aromatic nitrogens is 2. The maximum absolute atomic E-state index is 11.8. The van der Waals surface area contributed by atoms with Crippen LogP contribution >= 0.6 is 11.5 Å². The van der Waals surface area contributed by atoms with Crippen LogP contribution in [0, 0.1) is 0 Å². The highest BCUT2D eigenvalue weighted by Gasteiger charge is 2.34. The number of nitrogens with zero attached hydrogens (tertiary/aromatic N) is 2. The minimum atomic E-state index is -1.12. The van der Waals surface area contributed by atoms with Crippen molar-refractivity contribution < 1.29 is 19.1 Å². The third kappa shape index (κ3) is 3.49. The summed E-state index contributed by atoms with van der Waals surface area (Å²) in [5, 5.41) is 0.323. The van der Waals surface area contributed by atoms with Gasteiger partial charge in [-0.25, -0.2) is 4.98 Å². The molecule has 1 aromatic heterocycles. The van der Waals surface area contributed by atoms with Gasteiger partial charge in [-0.3, -0.25) is 9.59 Å². The molecule has 0 aliphatic carbocycles. The van der Waals surface area contributed by atoms with Gasteiger partial charge >= 0.3 is 11.9 Å². The summed E-state index contributed by atoms with van der Waals surface area (Å²) in [6.45, 7) is 5.66. The van der Waals surface area contributed by atoms with Crippen molar-refractivity contribution in [1.29, 1.82) is 0 Å². The molecule has 7 heteroatoms. The van der Waals surface area contributed by atoms with Crippen molar-refractivity contribution in [2.24, 2.45) is 0 Å². The SMILES string of the molecule is CCOC(=O)C(C(=O)OCC)c1nc(CC)ns1. The van der Waals surface area contributed by atoms with E-state index in [1.165, 1.54) is 0 Å². The number of esters is 2. The van der Waals surface area contributed by atoms with Crippen LogP contribution in [0.1, 0.15) is 37.5 Å². The van der Waals surface area contributed by atoms with Gasteiger partial charge in [-0.2, -0.15) is 4.37 Å². The van der Waals surface area contributed by atoms with Crippen molar-refractivity contribution in [1.82, 2.24) is 9.36 Å². The molecule has 0 aromatic carbocycles. The maximum atomic E-state index is 11.8. The summed E-state index contributed by atoms with van der Waals surface area (Å²) >= 11 is 1.03. The standard InChI is InChI=1S/C11H16N2O4S/c1-4-7-12-9(18-13-7)8(10(14)16-5-2)11(15)17-6-3/h8H,4-6H2,1-3H3. The van der Waals surface area contributed by atoms with Crippen molar-refractivity contribution in [2.75, 3.05) is 13.2 Å². The predicted octanol–water partition coefficient (Wildman–Crippen LogP) is 1.31. The Bertz CT molecular complexity index is 401. The smallest absolute Gasteiger partial charge is 0.327 e. The van der Waals surface area contributed by atoms with Gasteiger partial charge in [0, 0.05) is 6.42 Å². The van der Waals surface area contributed by atoms with Crippen LogP contribution in [-0.2, 0) is 25.5 Å². The summed E-state index contributed by atoms with van der Waals surface area (Å²) in [5.41, 5.74) is 0. The number of ether oxygens (including phenoxy) is 2. The van der Waals surface area contributed by atoms with Gasteiger partial charge in [-0.1, -0.05) is 6.92 Å². The number of aryl methyl sites for hydroxylation is 1. The van der Waals surface area contributed by atoms with Gasteiger partial charge < -0.3 is 9.47 Å². The second kappa shape index (κ2) is 7.05. The second-order valence-electron chi connectivity index (χ2n) is 3.34. The molecule has 1 aromatic rings. The summed E-state index contributed by atoms with van der Waals surface area (Å²) in [5.74, 6) is -1.80. The maximum Gasteiger partial charge on any atom is 0.327 e. The van der Waals surface area contributed by atoms with Gasteiger partial charge in [0.2, 0.25) is 5.92 Å². The first kappa shape index (κ1) is 14.6. The summed E-state index contributed by atoms with van der Waals surface area (Å²) in [4.78, 5) is 27.7. The van der Waals surface area contributed by atoms with Crippen LogP contribution in [0.4, 0.5) is 0 Å². The summed E-state index contributed by atoms with van der Waals surface area (Å²) in [6, 6.07) is 0. The van der Waals surface area contributed by atoms with E-state index in [4.69, 9.17) is 9.47 Å². The number of hydrogen-bond donors (Lipinski definition) is 0. The van der Waals surface area contributed by atoms with Crippen LogP contribution in [0.25, 0.3) is 0 Å². The number of carbonyl (C=O) groups excluding carboxylic acids is 2. The zero-order valence-electron chi connectivity index (χ0n) is 10.6. The molecule has 18 heavy (non-hydrogen) atoms. The first-order valence-electron chi connectivity index (χ1n) is 5.79. The van der Waals surface area contributed by atoms with Crippen LogP contribution in [0.15, 0.2) is 0 Å². The highest BCUT2D eigenvalue weighted by Crippen LogP contribution is 2.21. The van der Waals surface area contributed by atoms with E-state index in [0.29, 0.717) is 17.3 Å². The molecular formula is C11H16N2O4S. The van der Waals surface area contributed by atoms with Gasteiger partial charge in [0.25, 0.3) is 0 Å². The Morgan fingerprint density at radius 3 is 2.11 bits per heavy atom. The van der Waals surface area contributed by atoms with Crippen LogP contribution in [-0.4, -0.2) is 34.5 Å². The molecule has 0 bridgehead atoms. The van der Waals surface area contributed by atoms with E-state index in [2.05, 4.69) is 9.36 Å². The number of hydrogen-bond acceptors (Lipinski definition) is 7. The lowest BCUT2D eigenvalue weighted by Gasteiger charge is -2.11. The minimum absolute atomic E-state index is 0.203. The molecule has 0 aliphatic heterocycles. The fraction of sp³-hybridized carbons (Fsp3) is 0.636. The van der Waals surface area contributed by atoms with Gasteiger partial charge in [-0.15, -0.1) is 0 Å². The fourth-order valence-electron chi connectivity index (χ4n) is 1.28. The molecule has 0 fully saturated rings. The molecule has 0 aliphatic rings. The average Bonchev–Trinajstić information content (AvgIpc) is 2.78. The molecule has 0 saturated carbocycles. The molecule has 0 spiro atoms. The van der Waals surface area contributed by atoms with Crippen molar-refractivity contribution in [2.45, 2.75) is 33.1 Å². The summed E-state index contributed by atoms with van der Waals surface area (Å²) in [6.07, 6.45) is 0.648. The minimum Gasteiger partial charge on any atom is -0.465 e. The third-order valence-electron chi connectivity index (χ3n) is 2.09. The highest BCUT2D eigenvalue weighted by molar-refractivity contribution is 7.05. The molecule has 1 rings (SSSR count). The Balaban J connectivity index is 2.95. The van der Waals surface area contributed by atoms with E-state index in [9.17, 15) is 9.59 Å². The largest absolute Gasteiger partial charge is 0.465 e. The van der Waals surface area contributed by atoms with Gasteiger partial charge in [0.1, 0.15) is 10.8 Å². The Hall–Kier alpha value is -1.50. The Morgan fingerprint density at radius 2 is 1.72 bits per heavy atom. The van der Waals surface area contributed by atoms with Crippen LogP contribution < -0.4 is 0 Å². The molecule has 0 amide bonds. The molecule has 1 heterocycles. The molecule has 6 nitrogen and oxygen atoms in total. The number of rotatable bonds is 6. The first-order chi connectivity index (χ1) is 8.63. The average molecular weight is 272 g/mol. The Morgan fingerprint density at radius 1 is 1.17 bits per heavy atom. The topological polar surface area (TPSA) is 78.4 Å². The lowest BCUT2D eigenvalue weighted by molar-refractivity contribution is -0.156. The van der Waals surface area contributed by atoms with E-state index in [1.807, 2.05) is 6.92 Å². The van der Waals surface area contributed by atoms with Gasteiger partial charge in [0.05, 0.1) is 13.2 Å². The fourth-order valence-corrected chi connectivity index (χ4v) is 2.09. The normalized spacial score (nSPS) is 10.4. The van der Waals surface area contributed by atoms with E-state index >= 15 is 0 Å². The lowest BCUT2D eigenvalue weighted by atomic mass is 10.1. The molecule has 0 saturated heterocycles. The predicted molar refractivity (Wildman–Crippen MR) is 65.3 cm³/mol. The molecule has 0 atom stereocenters. The lowest BCUT2D eigenvalue weighted by Crippen LogP contribution is -2.26. The van der Waals surface area contributed by atoms with E-state index < -0.39 is 17.9 Å². The zero-order valence-corrected chi connectivity index (χ0v) is 11.5. The monoisotopic (exact) mass is 272 g/mol. The first-order valence-corrected chi connectivity index (χ1v) is 6.57. The van der Waals surface area contributed by atoms with Gasteiger partial charge in [-0.05, 0) is 25.4 Å². The molecular weight excluding hydrogens is 256 g/mol. The van der Waals surface area contributed by atoms with Crippen LogP contribution in [0.5, 0.6) is 0 Å². The second-order valence-corrected chi connectivity index (χ2v) is 4.12.